The summed E-state index contributed by atoms with van der Waals surface area (Å²) in [4.78, 5) is 8.95. The molecule has 3 heterocycles. The van der Waals surface area contributed by atoms with Crippen LogP contribution in [-0.4, -0.2) is 32.0 Å². The van der Waals surface area contributed by atoms with Crippen molar-refractivity contribution in [3.63, 3.8) is 0 Å². The van der Waals surface area contributed by atoms with Crippen molar-refractivity contribution in [3.8, 4) is 22.1 Å². The van der Waals surface area contributed by atoms with Gasteiger partial charge < -0.3 is 4.57 Å². The molecule has 4 rings (SSSR count). The van der Waals surface area contributed by atoms with Crippen LogP contribution < -0.4 is 0 Å². The highest BCUT2D eigenvalue weighted by Crippen LogP contribution is 2.29. The summed E-state index contributed by atoms with van der Waals surface area (Å²) >= 11 is 1.51. The van der Waals surface area contributed by atoms with Gasteiger partial charge in [-0.15, -0.1) is 21.5 Å². The molecule has 2 aromatic heterocycles. The molecule has 1 unspecified atom stereocenters. The zero-order valence-electron chi connectivity index (χ0n) is 11.8. The van der Waals surface area contributed by atoms with Gasteiger partial charge in [0.15, 0.2) is 11.6 Å². The molecular formula is C15H12FN5S. The molecule has 0 saturated carbocycles. The van der Waals surface area contributed by atoms with Crippen molar-refractivity contribution < 1.29 is 4.39 Å². The van der Waals surface area contributed by atoms with Crippen LogP contribution in [0, 0.1) is 5.82 Å². The maximum Gasteiger partial charge on any atom is 0.183 e. The number of aliphatic imine (C=N–C) groups is 1. The second kappa shape index (κ2) is 5.10. The number of benzene rings is 1. The fourth-order valence-corrected chi connectivity index (χ4v) is 3.19. The topological polar surface area (TPSA) is 56.0 Å². The molecule has 0 N–H and O–H groups in total. The van der Waals surface area contributed by atoms with E-state index in [1.165, 1.54) is 23.5 Å². The Bertz CT molecular complexity index is 849. The third kappa shape index (κ3) is 2.23. The largest absolute Gasteiger partial charge is 0.303 e. The fourth-order valence-electron chi connectivity index (χ4n) is 2.39. The molecule has 7 heteroatoms. The Kier molecular flexibility index (Phi) is 3.07. The van der Waals surface area contributed by atoms with E-state index in [0.717, 1.165) is 34.5 Å². The van der Waals surface area contributed by atoms with Gasteiger partial charge in [0.2, 0.25) is 0 Å². The smallest absolute Gasteiger partial charge is 0.183 e. The molecule has 5 nitrogen and oxygen atoms in total. The molecule has 110 valence electrons. The Morgan fingerprint density at radius 1 is 1.23 bits per heavy atom. The summed E-state index contributed by atoms with van der Waals surface area (Å²) in [6.45, 7) is 2.80. The van der Waals surface area contributed by atoms with Gasteiger partial charge in [0.05, 0.1) is 12.3 Å². The van der Waals surface area contributed by atoms with Gasteiger partial charge in [-0.2, -0.15) is 0 Å². The zero-order chi connectivity index (χ0) is 15.1. The minimum absolute atomic E-state index is 0.206. The number of thiazole rings is 1. The number of aromatic nitrogens is 4. The first kappa shape index (κ1) is 13.3. The summed E-state index contributed by atoms with van der Waals surface area (Å²) in [5.74, 6) is 1.25. The molecule has 0 aliphatic carbocycles. The van der Waals surface area contributed by atoms with Gasteiger partial charge in [-0.3, -0.25) is 4.99 Å². The molecule has 1 aromatic carbocycles. The van der Waals surface area contributed by atoms with E-state index >= 15 is 0 Å². The van der Waals surface area contributed by atoms with Gasteiger partial charge in [-0.25, -0.2) is 9.37 Å². The second-order valence-electron chi connectivity index (χ2n) is 5.16. The Morgan fingerprint density at radius 3 is 2.86 bits per heavy atom. The SMILES string of the molecule is CC1Cn2c(nnc2-c2csc(-c3ccc(F)cc3)n2)C=N1. The fraction of sp³-hybridized carbons (Fsp3) is 0.200. The maximum atomic E-state index is 13.0. The molecule has 0 spiro atoms. The number of hydrogen-bond donors (Lipinski definition) is 0. The highest BCUT2D eigenvalue weighted by Gasteiger charge is 2.20. The van der Waals surface area contributed by atoms with E-state index < -0.39 is 0 Å². The monoisotopic (exact) mass is 313 g/mol. The van der Waals surface area contributed by atoms with Gasteiger partial charge in [-0.1, -0.05) is 0 Å². The molecule has 1 aliphatic heterocycles. The van der Waals surface area contributed by atoms with Crippen molar-refractivity contribution in [3.05, 3.63) is 41.3 Å². The van der Waals surface area contributed by atoms with E-state index in [1.54, 1.807) is 18.3 Å². The number of rotatable bonds is 2. The summed E-state index contributed by atoms with van der Waals surface area (Å²) in [7, 11) is 0. The third-order valence-corrected chi connectivity index (χ3v) is 4.39. The van der Waals surface area contributed by atoms with Crippen molar-refractivity contribution >= 4 is 17.6 Å². The zero-order valence-corrected chi connectivity index (χ0v) is 12.6. The quantitative estimate of drug-likeness (QED) is 0.731. The summed E-state index contributed by atoms with van der Waals surface area (Å²) in [5.41, 5.74) is 1.68. The maximum absolute atomic E-state index is 13.0. The molecular weight excluding hydrogens is 301 g/mol. The van der Waals surface area contributed by atoms with Crippen molar-refractivity contribution in [2.24, 2.45) is 4.99 Å². The predicted octanol–water partition coefficient (Wildman–Crippen LogP) is 3.03. The van der Waals surface area contributed by atoms with Gasteiger partial charge in [0.1, 0.15) is 16.5 Å². The normalized spacial score (nSPS) is 16.7. The highest BCUT2D eigenvalue weighted by molar-refractivity contribution is 7.13. The van der Waals surface area contributed by atoms with Crippen molar-refractivity contribution in [2.45, 2.75) is 19.5 Å². The van der Waals surface area contributed by atoms with E-state index in [-0.39, 0.29) is 11.9 Å². The molecule has 0 fully saturated rings. The first-order valence-electron chi connectivity index (χ1n) is 6.89. The van der Waals surface area contributed by atoms with E-state index in [9.17, 15) is 4.39 Å². The molecule has 22 heavy (non-hydrogen) atoms. The van der Waals surface area contributed by atoms with E-state index in [4.69, 9.17) is 0 Å². The van der Waals surface area contributed by atoms with Gasteiger partial charge in [-0.05, 0) is 31.2 Å². The average molecular weight is 313 g/mol. The Labute approximate surface area is 130 Å². The lowest BCUT2D eigenvalue weighted by Gasteiger charge is -2.14. The van der Waals surface area contributed by atoms with Crippen molar-refractivity contribution in [1.29, 1.82) is 0 Å². The molecule has 0 saturated heterocycles. The van der Waals surface area contributed by atoms with Gasteiger partial charge in [0, 0.05) is 17.5 Å². The Morgan fingerprint density at radius 2 is 2.05 bits per heavy atom. The van der Waals surface area contributed by atoms with Crippen LogP contribution in [0.2, 0.25) is 0 Å². The van der Waals surface area contributed by atoms with Crippen molar-refractivity contribution in [2.75, 3.05) is 0 Å². The Hall–Kier alpha value is -2.41. The minimum Gasteiger partial charge on any atom is -0.303 e. The lowest BCUT2D eigenvalue weighted by molar-refractivity contribution is 0.578. The average Bonchev–Trinajstić information content (AvgIpc) is 3.14. The summed E-state index contributed by atoms with van der Waals surface area (Å²) in [6, 6.07) is 6.54. The molecule has 1 atom stereocenters. The Balaban J connectivity index is 1.72. The summed E-state index contributed by atoms with van der Waals surface area (Å²) in [5, 5.41) is 11.2. The molecule has 0 bridgehead atoms. The van der Waals surface area contributed by atoms with Gasteiger partial charge in [0.25, 0.3) is 0 Å². The molecule has 3 aromatic rings. The highest BCUT2D eigenvalue weighted by atomic mass is 32.1. The number of halogens is 1. The van der Waals surface area contributed by atoms with E-state index in [0.29, 0.717) is 0 Å². The van der Waals surface area contributed by atoms with Crippen LogP contribution in [0.5, 0.6) is 0 Å². The minimum atomic E-state index is -0.250. The lowest BCUT2D eigenvalue weighted by atomic mass is 10.2. The second-order valence-corrected chi connectivity index (χ2v) is 6.02. The summed E-state index contributed by atoms with van der Waals surface area (Å²) < 4.78 is 15.0. The van der Waals surface area contributed by atoms with E-state index in [2.05, 4.69) is 20.2 Å². The van der Waals surface area contributed by atoms with Crippen LogP contribution in [0.3, 0.4) is 0 Å². The van der Waals surface area contributed by atoms with Crippen LogP contribution in [-0.2, 0) is 6.54 Å². The van der Waals surface area contributed by atoms with Crippen LogP contribution in [0.15, 0.2) is 34.6 Å². The number of hydrogen-bond acceptors (Lipinski definition) is 5. The first-order chi connectivity index (χ1) is 10.7. The van der Waals surface area contributed by atoms with Gasteiger partial charge >= 0.3 is 0 Å². The number of fused-ring (bicyclic) bond motifs is 1. The predicted molar refractivity (Wildman–Crippen MR) is 83.6 cm³/mol. The molecule has 0 amide bonds. The molecule has 1 aliphatic rings. The number of nitrogens with zero attached hydrogens (tertiary/aromatic N) is 5. The van der Waals surface area contributed by atoms with Crippen LogP contribution >= 0.6 is 11.3 Å². The van der Waals surface area contributed by atoms with E-state index in [1.807, 2.05) is 16.9 Å². The first-order valence-corrected chi connectivity index (χ1v) is 7.77. The van der Waals surface area contributed by atoms with Crippen LogP contribution in [0.4, 0.5) is 4.39 Å². The summed E-state index contributed by atoms with van der Waals surface area (Å²) in [6.07, 6.45) is 1.75. The van der Waals surface area contributed by atoms with Crippen LogP contribution in [0.1, 0.15) is 12.7 Å². The standard InChI is InChI=1S/C15H12FN5S/c1-9-7-21-13(6-17-9)19-20-14(21)12-8-22-15(18-12)10-2-4-11(16)5-3-10/h2-6,8-9H,7H2,1H3. The molecule has 0 radical (unpaired) electrons. The lowest BCUT2D eigenvalue weighted by Crippen LogP contribution is -2.19. The van der Waals surface area contributed by atoms with Crippen LogP contribution in [0.25, 0.3) is 22.1 Å². The van der Waals surface area contributed by atoms with Crippen molar-refractivity contribution in [1.82, 2.24) is 19.7 Å². The third-order valence-electron chi connectivity index (χ3n) is 3.50.